The lowest BCUT2D eigenvalue weighted by molar-refractivity contribution is 1.93. The van der Waals surface area contributed by atoms with E-state index >= 15 is 0 Å². The first-order valence-electron chi connectivity index (χ1n) is 0.858. The Morgan fingerprint density at radius 1 is 2.00 bits per heavy atom. The minimum atomic E-state index is 1.26. The van der Waals surface area contributed by atoms with Crippen LogP contribution in [0.4, 0.5) is 0 Å². The molecule has 0 aliphatic carbocycles. The summed E-state index contributed by atoms with van der Waals surface area (Å²) in [6.45, 7) is 0. The molecule has 0 unspecified atom stereocenters. The molecule has 0 aromatic heterocycles. The van der Waals surface area contributed by atoms with E-state index in [1.54, 1.807) is 0 Å². The highest BCUT2D eigenvalue weighted by Crippen LogP contribution is 1.36. The fourth-order valence-corrected chi connectivity index (χ4v) is 0. The standard InChI is InChI=1S/C2H5NS/c1-4-2-3/h2H,1,3H2. The Kier molecular flexibility index (Phi) is 2.86. The Balaban J connectivity index is 3.11. The van der Waals surface area contributed by atoms with Gasteiger partial charge in [0.25, 0.3) is 0 Å². The third-order valence-electron chi connectivity index (χ3n) is 0.0962. The molecule has 0 spiro atoms. The maximum absolute atomic E-state index is 4.80. The zero-order valence-electron chi connectivity index (χ0n) is 2.27. The van der Waals surface area contributed by atoms with Crippen LogP contribution in [0.15, 0.2) is 0 Å². The molecule has 0 aromatic rings. The molecule has 0 saturated carbocycles. The quantitative estimate of drug-likeness (QED) is 0.399. The highest BCUT2D eigenvalue weighted by Gasteiger charge is 1.21. The average Bonchev–Trinajstić information content (AvgIpc) is 1.37. The van der Waals surface area contributed by atoms with Crippen molar-refractivity contribution in [3.8, 4) is 0 Å². The maximum atomic E-state index is 4.80. The molecular weight excluding hydrogens is 70.1 g/mol. The summed E-state index contributed by atoms with van der Waals surface area (Å²) in [6.07, 6.45) is 0. The Hall–Kier alpha value is -0.0800. The fraction of sp³-hybridized carbons (Fsp3) is 0. The maximum Gasteiger partial charge on any atom is 0.0277 e. The van der Waals surface area contributed by atoms with Crippen molar-refractivity contribution in [1.29, 1.82) is 0 Å². The van der Waals surface area contributed by atoms with Gasteiger partial charge in [0.1, 0.15) is 0 Å². The van der Waals surface area contributed by atoms with Gasteiger partial charge in [-0.15, -0.1) is 10.9 Å². The van der Waals surface area contributed by atoms with Crippen molar-refractivity contribution in [2.45, 2.75) is 0 Å². The van der Waals surface area contributed by atoms with E-state index in [-0.39, 0.29) is 0 Å². The van der Waals surface area contributed by atoms with Crippen molar-refractivity contribution < 1.29 is 0 Å². The van der Waals surface area contributed by atoms with Gasteiger partial charge in [0.15, 0.2) is 0 Å². The van der Waals surface area contributed by atoms with E-state index in [1.807, 2.05) is 0 Å². The largest absolute Gasteiger partial charge is 0.300 e. The summed E-state index contributed by atoms with van der Waals surface area (Å²) >= 11 is 0. The van der Waals surface area contributed by atoms with Crippen LogP contribution in [0.2, 0.25) is 0 Å². The second-order valence-corrected chi connectivity index (χ2v) is 0.908. The van der Waals surface area contributed by atoms with Gasteiger partial charge in [0.2, 0.25) is 0 Å². The molecule has 0 aromatic carbocycles. The van der Waals surface area contributed by atoms with Gasteiger partial charge >= 0.3 is 0 Å². The summed E-state index contributed by atoms with van der Waals surface area (Å²) in [5.41, 5.74) is 6.23. The summed E-state index contributed by atoms with van der Waals surface area (Å²) in [6, 6.07) is 0. The van der Waals surface area contributed by atoms with Crippen LogP contribution < -0.4 is 5.73 Å². The van der Waals surface area contributed by atoms with E-state index < -0.39 is 0 Å². The average molecular weight is 75.1 g/mol. The predicted molar refractivity (Wildman–Crippen MR) is 25.0 cm³/mol. The molecule has 24 valence electrons. The van der Waals surface area contributed by atoms with E-state index in [0.29, 0.717) is 0 Å². The van der Waals surface area contributed by atoms with E-state index in [0.717, 1.165) is 0 Å². The Morgan fingerprint density at radius 2 is 2.25 bits per heavy atom. The molecule has 0 bridgehead atoms. The van der Waals surface area contributed by atoms with Gasteiger partial charge in [-0.3, -0.25) is 0 Å². The summed E-state index contributed by atoms with van der Waals surface area (Å²) in [7, 11) is 1.26. The fourth-order valence-electron chi connectivity index (χ4n) is 0. The van der Waals surface area contributed by atoms with Gasteiger partial charge < -0.3 is 5.73 Å². The van der Waals surface area contributed by atoms with Gasteiger partial charge in [0, 0.05) is 5.49 Å². The van der Waals surface area contributed by atoms with E-state index in [2.05, 4.69) is 5.87 Å². The van der Waals surface area contributed by atoms with Crippen molar-refractivity contribution >= 4 is 22.3 Å². The first kappa shape index (κ1) is 3.92. The van der Waals surface area contributed by atoms with Crippen LogP contribution in [0.5, 0.6) is 0 Å². The molecule has 0 saturated heterocycles. The third-order valence-corrected chi connectivity index (χ3v) is 0.289. The lowest BCUT2D eigenvalue weighted by atomic mass is 11.6. The molecule has 2 heteroatoms. The van der Waals surface area contributed by atoms with Gasteiger partial charge in [-0.05, 0) is 5.87 Å². The Bertz CT molecular complexity index is 44.0. The van der Waals surface area contributed by atoms with Gasteiger partial charge in [-0.2, -0.15) is 0 Å². The van der Waals surface area contributed by atoms with Crippen LogP contribution >= 0.6 is 10.9 Å². The number of hydrogen-bond donors (Lipinski definition) is 1. The third kappa shape index (κ3) is 1.92. The summed E-state index contributed by atoms with van der Waals surface area (Å²) in [5, 5.41) is 0. The van der Waals surface area contributed by atoms with Crippen LogP contribution in [-0.4, -0.2) is 11.4 Å². The van der Waals surface area contributed by atoms with Crippen molar-refractivity contribution in [1.82, 2.24) is 0 Å². The predicted octanol–water partition coefficient (Wildman–Crippen LogP) is -0.130. The molecule has 0 rings (SSSR count). The van der Waals surface area contributed by atoms with Gasteiger partial charge in [-0.1, -0.05) is 0 Å². The first-order chi connectivity index (χ1) is 1.91. The molecule has 0 radical (unpaired) electrons. The first-order valence-corrected chi connectivity index (χ1v) is 1.91. The summed E-state index contributed by atoms with van der Waals surface area (Å²) in [4.78, 5) is 0. The van der Waals surface area contributed by atoms with Crippen molar-refractivity contribution in [2.24, 2.45) is 5.73 Å². The molecule has 0 atom stereocenters. The molecule has 0 aliphatic rings. The Morgan fingerprint density at radius 3 is 2.25 bits per heavy atom. The van der Waals surface area contributed by atoms with Crippen LogP contribution in [0.1, 0.15) is 0 Å². The Labute approximate surface area is 29.0 Å². The molecule has 0 aliphatic heterocycles. The highest BCUT2D eigenvalue weighted by molar-refractivity contribution is 7.94. The number of rotatable bonds is 0. The molecule has 1 nitrogen and oxygen atoms in total. The van der Waals surface area contributed by atoms with Crippen LogP contribution in [0, 0.1) is 0 Å². The lowest BCUT2D eigenvalue weighted by Gasteiger charge is -1.42. The van der Waals surface area contributed by atoms with Crippen LogP contribution in [0.3, 0.4) is 0 Å². The topological polar surface area (TPSA) is 26.0 Å². The number of nitrogens with two attached hydrogens (primary N) is 1. The molecular formula is C2H5NS. The minimum absolute atomic E-state index is 1.26. The van der Waals surface area contributed by atoms with Crippen molar-refractivity contribution in [3.05, 3.63) is 0 Å². The summed E-state index contributed by atoms with van der Waals surface area (Å²) < 4.78 is 0. The molecule has 4 heavy (non-hydrogen) atoms. The van der Waals surface area contributed by atoms with Gasteiger partial charge in [-0.25, -0.2) is 0 Å². The smallest absolute Gasteiger partial charge is 0.0277 e. The second kappa shape index (κ2) is 2.92. The van der Waals surface area contributed by atoms with E-state index in [4.69, 9.17) is 5.73 Å². The van der Waals surface area contributed by atoms with E-state index in [9.17, 15) is 0 Å². The molecule has 0 heterocycles. The summed E-state index contributed by atoms with van der Waals surface area (Å²) in [5.74, 6) is 3.34. The molecule has 0 fully saturated rings. The number of hydrogen-bond acceptors (Lipinski definition) is 0. The normalized spacial score (nSPS) is 5.25. The van der Waals surface area contributed by atoms with Crippen LogP contribution in [-0.2, 0) is 0 Å². The zero-order chi connectivity index (χ0) is 3.41. The van der Waals surface area contributed by atoms with E-state index in [1.165, 1.54) is 16.4 Å². The van der Waals surface area contributed by atoms with Crippen molar-refractivity contribution in [2.75, 3.05) is 0 Å². The monoisotopic (exact) mass is 75.0 g/mol. The molecule has 2 N–H and O–H groups in total. The molecule has 0 amide bonds. The highest BCUT2D eigenvalue weighted by atomic mass is 32.1. The second-order valence-electron chi connectivity index (χ2n) is 0.303. The lowest BCUT2D eigenvalue weighted by Crippen LogP contribution is -1.80. The minimum Gasteiger partial charge on any atom is -0.300 e. The van der Waals surface area contributed by atoms with Crippen molar-refractivity contribution in [3.63, 3.8) is 0 Å². The van der Waals surface area contributed by atoms with Gasteiger partial charge in [0.05, 0.1) is 0 Å². The SMILES string of the molecule is C=S=CN. The van der Waals surface area contributed by atoms with Crippen LogP contribution in [0.25, 0.3) is 0 Å². The zero-order valence-corrected chi connectivity index (χ0v) is 3.09.